The van der Waals surface area contributed by atoms with Gasteiger partial charge in [0.1, 0.15) is 0 Å². The highest BCUT2D eigenvalue weighted by atomic mass is 35.5. The molecule has 0 aromatic carbocycles. The largest absolute Gasteiger partial charge is 0.328 e. The van der Waals surface area contributed by atoms with E-state index in [1.807, 2.05) is 0 Å². The lowest BCUT2D eigenvalue weighted by molar-refractivity contribution is 0.458. The van der Waals surface area contributed by atoms with E-state index in [0.29, 0.717) is 6.04 Å². The van der Waals surface area contributed by atoms with Gasteiger partial charge in [0.2, 0.25) is 0 Å². The summed E-state index contributed by atoms with van der Waals surface area (Å²) in [5.74, 6) is 0. The SMILES string of the molecule is Cl.Cl.NC1CCNCC1. The van der Waals surface area contributed by atoms with Crippen LogP contribution in [0.5, 0.6) is 0 Å². The summed E-state index contributed by atoms with van der Waals surface area (Å²) in [5.41, 5.74) is 5.59. The van der Waals surface area contributed by atoms with Crippen molar-refractivity contribution in [3.63, 3.8) is 0 Å². The van der Waals surface area contributed by atoms with Crippen LogP contribution in [0.15, 0.2) is 0 Å². The van der Waals surface area contributed by atoms with E-state index < -0.39 is 0 Å². The zero-order chi connectivity index (χ0) is 5.11. The monoisotopic (exact) mass is 172 g/mol. The van der Waals surface area contributed by atoms with Crippen molar-refractivity contribution >= 4 is 24.8 Å². The Balaban J connectivity index is 0. The fraction of sp³-hybridized carbons (Fsp3) is 1.00. The summed E-state index contributed by atoms with van der Waals surface area (Å²) in [6, 6.07) is 0.473. The van der Waals surface area contributed by atoms with E-state index in [0.717, 1.165) is 25.9 Å². The zero-order valence-corrected chi connectivity index (χ0v) is 6.93. The molecule has 0 saturated carbocycles. The second-order valence-corrected chi connectivity index (χ2v) is 2.09. The minimum Gasteiger partial charge on any atom is -0.328 e. The summed E-state index contributed by atoms with van der Waals surface area (Å²) in [5, 5.41) is 3.24. The van der Waals surface area contributed by atoms with Gasteiger partial charge in [-0.25, -0.2) is 0 Å². The summed E-state index contributed by atoms with van der Waals surface area (Å²) in [6.45, 7) is 2.22. The highest BCUT2D eigenvalue weighted by molar-refractivity contribution is 5.85. The van der Waals surface area contributed by atoms with Gasteiger partial charge in [-0.3, -0.25) is 0 Å². The van der Waals surface area contributed by atoms with Crippen molar-refractivity contribution in [2.45, 2.75) is 18.9 Å². The third kappa shape index (κ3) is 4.97. The van der Waals surface area contributed by atoms with Gasteiger partial charge in [0, 0.05) is 6.04 Å². The third-order valence-corrected chi connectivity index (χ3v) is 1.38. The molecule has 0 bridgehead atoms. The first-order valence-corrected chi connectivity index (χ1v) is 2.86. The predicted octanol–water partition coefficient (Wildman–Crippen LogP) is 0.541. The highest BCUT2D eigenvalue weighted by Crippen LogP contribution is 1.96. The molecule has 0 aromatic rings. The molecule has 0 aromatic heterocycles. The smallest absolute Gasteiger partial charge is 0.00629 e. The molecule has 0 spiro atoms. The number of rotatable bonds is 0. The minimum atomic E-state index is 0. The molecule has 2 nitrogen and oxygen atoms in total. The summed E-state index contributed by atoms with van der Waals surface area (Å²) < 4.78 is 0. The molecule has 1 saturated heterocycles. The van der Waals surface area contributed by atoms with Gasteiger partial charge in [0.15, 0.2) is 0 Å². The Morgan fingerprint density at radius 1 is 1.11 bits per heavy atom. The quantitative estimate of drug-likeness (QED) is 0.561. The average molecular weight is 173 g/mol. The van der Waals surface area contributed by atoms with Gasteiger partial charge < -0.3 is 11.1 Å². The van der Waals surface area contributed by atoms with Crippen molar-refractivity contribution in [3.8, 4) is 0 Å². The van der Waals surface area contributed by atoms with E-state index >= 15 is 0 Å². The fourth-order valence-corrected chi connectivity index (χ4v) is 0.844. The van der Waals surface area contributed by atoms with E-state index in [1.165, 1.54) is 0 Å². The summed E-state index contributed by atoms with van der Waals surface area (Å²) in [6.07, 6.45) is 2.31. The van der Waals surface area contributed by atoms with E-state index in [4.69, 9.17) is 5.73 Å². The van der Waals surface area contributed by atoms with Crippen LogP contribution in [0.3, 0.4) is 0 Å². The third-order valence-electron chi connectivity index (χ3n) is 1.38. The molecule has 0 radical (unpaired) electrons. The van der Waals surface area contributed by atoms with Gasteiger partial charge in [-0.15, -0.1) is 24.8 Å². The summed E-state index contributed by atoms with van der Waals surface area (Å²) >= 11 is 0. The van der Waals surface area contributed by atoms with Gasteiger partial charge in [0.25, 0.3) is 0 Å². The maximum Gasteiger partial charge on any atom is 0.00629 e. The number of nitrogens with two attached hydrogens (primary N) is 1. The van der Waals surface area contributed by atoms with Crippen LogP contribution in [-0.2, 0) is 0 Å². The molecular formula is C5H14Cl2N2. The molecule has 1 fully saturated rings. The van der Waals surface area contributed by atoms with E-state index in [1.54, 1.807) is 0 Å². The topological polar surface area (TPSA) is 38.0 Å². The number of nitrogens with one attached hydrogen (secondary N) is 1. The summed E-state index contributed by atoms with van der Waals surface area (Å²) in [4.78, 5) is 0. The van der Waals surface area contributed by atoms with Crippen molar-refractivity contribution in [2.24, 2.45) is 5.73 Å². The molecule has 9 heavy (non-hydrogen) atoms. The molecule has 0 unspecified atom stereocenters. The molecule has 1 heterocycles. The second kappa shape index (κ2) is 6.62. The van der Waals surface area contributed by atoms with Crippen LogP contribution in [0.2, 0.25) is 0 Å². The van der Waals surface area contributed by atoms with Crippen molar-refractivity contribution in [1.82, 2.24) is 5.32 Å². The Bertz CT molecular complexity index is 54.9. The molecule has 58 valence electrons. The molecule has 0 amide bonds. The molecule has 1 rings (SSSR count). The zero-order valence-electron chi connectivity index (χ0n) is 5.30. The molecule has 0 aliphatic carbocycles. The van der Waals surface area contributed by atoms with E-state index in [2.05, 4.69) is 5.32 Å². The van der Waals surface area contributed by atoms with Gasteiger partial charge in [-0.1, -0.05) is 0 Å². The van der Waals surface area contributed by atoms with Gasteiger partial charge in [0.05, 0.1) is 0 Å². The maximum atomic E-state index is 5.59. The maximum absolute atomic E-state index is 5.59. The van der Waals surface area contributed by atoms with Crippen LogP contribution in [-0.4, -0.2) is 19.1 Å². The Morgan fingerprint density at radius 2 is 1.56 bits per heavy atom. The van der Waals surface area contributed by atoms with Crippen molar-refractivity contribution in [1.29, 1.82) is 0 Å². The Kier molecular flexibility index (Phi) is 8.97. The number of halogens is 2. The van der Waals surface area contributed by atoms with Crippen LogP contribution in [0, 0.1) is 0 Å². The van der Waals surface area contributed by atoms with Crippen LogP contribution >= 0.6 is 24.8 Å². The first-order chi connectivity index (χ1) is 3.39. The van der Waals surface area contributed by atoms with Gasteiger partial charge in [-0.05, 0) is 25.9 Å². The first-order valence-electron chi connectivity index (χ1n) is 2.86. The summed E-state index contributed by atoms with van der Waals surface area (Å²) in [7, 11) is 0. The van der Waals surface area contributed by atoms with Gasteiger partial charge in [-0.2, -0.15) is 0 Å². The van der Waals surface area contributed by atoms with Crippen LogP contribution in [0.25, 0.3) is 0 Å². The molecule has 1 aliphatic heterocycles. The van der Waals surface area contributed by atoms with Crippen LogP contribution < -0.4 is 11.1 Å². The molecular weight excluding hydrogens is 159 g/mol. The highest BCUT2D eigenvalue weighted by Gasteiger charge is 2.05. The predicted molar refractivity (Wildman–Crippen MR) is 44.6 cm³/mol. The van der Waals surface area contributed by atoms with Crippen LogP contribution in [0.4, 0.5) is 0 Å². The number of hydrogen-bond donors (Lipinski definition) is 2. The number of hydrogen-bond acceptors (Lipinski definition) is 2. The van der Waals surface area contributed by atoms with E-state index in [-0.39, 0.29) is 24.8 Å². The molecule has 1 aliphatic rings. The fourth-order valence-electron chi connectivity index (χ4n) is 0.844. The lowest BCUT2D eigenvalue weighted by atomic mass is 10.1. The Hall–Kier alpha value is 0.500. The Labute approximate surface area is 68.4 Å². The molecule has 0 atom stereocenters. The molecule has 4 heteroatoms. The Morgan fingerprint density at radius 3 is 1.78 bits per heavy atom. The van der Waals surface area contributed by atoms with E-state index in [9.17, 15) is 0 Å². The lowest BCUT2D eigenvalue weighted by Crippen LogP contribution is -2.35. The van der Waals surface area contributed by atoms with Crippen molar-refractivity contribution < 1.29 is 0 Å². The average Bonchev–Trinajstić information content (AvgIpc) is 1.69. The minimum absolute atomic E-state index is 0. The lowest BCUT2D eigenvalue weighted by Gasteiger charge is -2.17. The second-order valence-electron chi connectivity index (χ2n) is 2.09. The van der Waals surface area contributed by atoms with Crippen LogP contribution in [0.1, 0.15) is 12.8 Å². The first kappa shape index (κ1) is 12.2. The number of piperidine rings is 1. The molecule has 3 N–H and O–H groups in total. The van der Waals surface area contributed by atoms with Crippen molar-refractivity contribution in [2.75, 3.05) is 13.1 Å². The van der Waals surface area contributed by atoms with Crippen molar-refractivity contribution in [3.05, 3.63) is 0 Å². The standard InChI is InChI=1S/C5H12N2.2ClH/c6-5-1-3-7-4-2-5;;/h5,7H,1-4,6H2;2*1H. The normalized spacial score (nSPS) is 19.7. The van der Waals surface area contributed by atoms with Gasteiger partial charge >= 0.3 is 0 Å².